The van der Waals surface area contributed by atoms with E-state index in [1.165, 1.54) is 22.2 Å². The number of nitro groups is 1. The highest BCUT2D eigenvalue weighted by Gasteiger charge is 2.32. The quantitative estimate of drug-likeness (QED) is 0.638. The van der Waals surface area contributed by atoms with E-state index in [-0.39, 0.29) is 28.9 Å². The molecule has 2 N–H and O–H groups in total. The second-order valence-electron chi connectivity index (χ2n) is 6.97. The molecule has 2 aromatic heterocycles. The summed E-state index contributed by atoms with van der Waals surface area (Å²) in [5, 5.41) is 26.7. The van der Waals surface area contributed by atoms with Crippen LogP contribution < -0.4 is 5.32 Å². The molecule has 9 heteroatoms. The summed E-state index contributed by atoms with van der Waals surface area (Å²) in [5.74, 6) is 0.384. The van der Waals surface area contributed by atoms with Crippen LogP contribution in [0.4, 0.5) is 11.6 Å². The van der Waals surface area contributed by atoms with E-state index >= 15 is 0 Å². The minimum absolute atomic E-state index is 0.0152. The Bertz CT molecular complexity index is 752. The first-order chi connectivity index (χ1) is 12.1. The summed E-state index contributed by atoms with van der Waals surface area (Å²) >= 11 is 1.39. The van der Waals surface area contributed by atoms with E-state index in [1.54, 1.807) is 11.6 Å². The molecule has 8 nitrogen and oxygen atoms in total. The van der Waals surface area contributed by atoms with Gasteiger partial charge in [0.15, 0.2) is 0 Å². The Morgan fingerprint density at radius 1 is 1.28 bits per heavy atom. The zero-order valence-electron chi connectivity index (χ0n) is 14.0. The molecule has 25 heavy (non-hydrogen) atoms. The van der Waals surface area contributed by atoms with Crippen LogP contribution in [-0.4, -0.2) is 55.6 Å². The Kier molecular flexibility index (Phi) is 4.61. The molecular formula is C16H23N5O3S. The summed E-state index contributed by atoms with van der Waals surface area (Å²) in [7, 11) is 0. The number of hydrogen-bond donors (Lipinski definition) is 2. The Labute approximate surface area is 149 Å². The summed E-state index contributed by atoms with van der Waals surface area (Å²) in [5.41, 5.74) is 0. The van der Waals surface area contributed by atoms with Gasteiger partial charge < -0.3 is 20.5 Å². The molecule has 2 unspecified atom stereocenters. The number of aliphatic hydroxyl groups excluding tert-OH is 1. The van der Waals surface area contributed by atoms with Crippen molar-refractivity contribution < 1.29 is 10.0 Å². The molecule has 4 rings (SSSR count). The van der Waals surface area contributed by atoms with Crippen molar-refractivity contribution in [1.29, 1.82) is 0 Å². The van der Waals surface area contributed by atoms with Crippen LogP contribution in [0.5, 0.6) is 0 Å². The van der Waals surface area contributed by atoms with Crippen molar-refractivity contribution in [1.82, 2.24) is 14.3 Å². The molecule has 1 saturated carbocycles. The monoisotopic (exact) mass is 365 g/mol. The standard InChI is InChI=1S/C16H23N5O3S/c22-13-4-2-1-3-12(13)19-7-5-11(6-8-19)17-14-15(21(23)24)20-9-10-25-16(20)18-14/h9-13,17,22H,1-8H2. The van der Waals surface area contributed by atoms with Gasteiger partial charge in [-0.2, -0.15) is 9.38 Å². The highest BCUT2D eigenvalue weighted by Crippen LogP contribution is 2.31. The van der Waals surface area contributed by atoms with Crippen LogP contribution in [0.25, 0.3) is 4.96 Å². The maximum Gasteiger partial charge on any atom is 0.372 e. The second kappa shape index (κ2) is 6.89. The van der Waals surface area contributed by atoms with Crippen LogP contribution in [0.2, 0.25) is 0 Å². The first-order valence-corrected chi connectivity index (χ1v) is 9.80. The van der Waals surface area contributed by atoms with Crippen LogP contribution >= 0.6 is 11.3 Å². The number of fused-ring (bicyclic) bond motifs is 1. The molecule has 1 saturated heterocycles. The molecule has 0 spiro atoms. The number of rotatable bonds is 4. The van der Waals surface area contributed by atoms with Crippen molar-refractivity contribution in [2.75, 3.05) is 18.4 Å². The lowest BCUT2D eigenvalue weighted by molar-refractivity contribution is -0.389. The van der Waals surface area contributed by atoms with Crippen molar-refractivity contribution in [2.45, 2.75) is 56.7 Å². The van der Waals surface area contributed by atoms with Gasteiger partial charge in [0, 0.05) is 30.6 Å². The lowest BCUT2D eigenvalue weighted by Gasteiger charge is -2.41. The summed E-state index contributed by atoms with van der Waals surface area (Å²) < 4.78 is 1.53. The van der Waals surface area contributed by atoms with Gasteiger partial charge in [-0.15, -0.1) is 0 Å². The molecule has 2 aliphatic rings. The number of piperidine rings is 1. The van der Waals surface area contributed by atoms with Crippen molar-refractivity contribution >= 4 is 27.9 Å². The van der Waals surface area contributed by atoms with E-state index in [4.69, 9.17) is 0 Å². The fourth-order valence-electron chi connectivity index (χ4n) is 4.13. The molecule has 0 bridgehead atoms. The second-order valence-corrected chi connectivity index (χ2v) is 7.84. The average molecular weight is 365 g/mol. The number of anilines is 1. The average Bonchev–Trinajstić information content (AvgIpc) is 3.16. The number of hydrogen-bond acceptors (Lipinski definition) is 7. The largest absolute Gasteiger partial charge is 0.391 e. The van der Waals surface area contributed by atoms with E-state index in [0.717, 1.165) is 45.2 Å². The maximum atomic E-state index is 11.4. The van der Waals surface area contributed by atoms with Gasteiger partial charge in [-0.1, -0.05) is 24.2 Å². The minimum atomic E-state index is -0.372. The van der Waals surface area contributed by atoms with E-state index in [2.05, 4.69) is 15.2 Å². The van der Waals surface area contributed by atoms with Gasteiger partial charge in [-0.05, 0) is 30.6 Å². The number of nitrogens with zero attached hydrogens (tertiary/aromatic N) is 4. The third-order valence-electron chi connectivity index (χ3n) is 5.44. The summed E-state index contributed by atoms with van der Waals surface area (Å²) in [6.45, 7) is 1.82. The van der Waals surface area contributed by atoms with E-state index in [1.807, 2.05) is 0 Å². The van der Waals surface area contributed by atoms with Gasteiger partial charge in [-0.3, -0.25) is 4.90 Å². The van der Waals surface area contributed by atoms with Crippen LogP contribution in [0.1, 0.15) is 38.5 Å². The predicted molar refractivity (Wildman–Crippen MR) is 96.2 cm³/mol. The summed E-state index contributed by atoms with van der Waals surface area (Å²) in [6.07, 6.45) is 7.58. The molecule has 2 atom stereocenters. The smallest absolute Gasteiger partial charge is 0.372 e. The van der Waals surface area contributed by atoms with Crippen LogP contribution in [-0.2, 0) is 0 Å². The lowest BCUT2D eigenvalue weighted by atomic mass is 9.89. The molecule has 0 amide bonds. The van der Waals surface area contributed by atoms with Crippen LogP contribution in [0.3, 0.4) is 0 Å². The molecule has 2 fully saturated rings. The SMILES string of the molecule is O=[N+]([O-])c1c(NC2CCN(C3CCCCC3O)CC2)nc2sccn12. The van der Waals surface area contributed by atoms with Gasteiger partial charge in [0.1, 0.15) is 6.20 Å². The van der Waals surface area contributed by atoms with Gasteiger partial charge in [0.2, 0.25) is 5.82 Å². The summed E-state index contributed by atoms with van der Waals surface area (Å²) in [6, 6.07) is 0.460. The number of thiazole rings is 1. The zero-order chi connectivity index (χ0) is 17.4. The fourth-order valence-corrected chi connectivity index (χ4v) is 4.84. The third kappa shape index (κ3) is 3.23. The van der Waals surface area contributed by atoms with Crippen LogP contribution in [0.15, 0.2) is 11.6 Å². The minimum Gasteiger partial charge on any atom is -0.391 e. The Morgan fingerprint density at radius 3 is 2.76 bits per heavy atom. The number of aromatic nitrogens is 2. The first kappa shape index (κ1) is 16.7. The fraction of sp³-hybridized carbons (Fsp3) is 0.688. The number of likely N-dealkylation sites (tertiary alicyclic amines) is 1. The molecule has 0 radical (unpaired) electrons. The van der Waals surface area contributed by atoms with E-state index in [9.17, 15) is 15.2 Å². The van der Waals surface area contributed by atoms with Crippen LogP contribution in [0, 0.1) is 10.1 Å². The Hall–Kier alpha value is -1.71. The maximum absolute atomic E-state index is 11.4. The van der Waals surface area contributed by atoms with Crippen molar-refractivity contribution in [3.05, 3.63) is 21.7 Å². The van der Waals surface area contributed by atoms with Gasteiger partial charge in [0.05, 0.1) is 6.10 Å². The van der Waals surface area contributed by atoms with E-state index in [0.29, 0.717) is 10.8 Å². The van der Waals surface area contributed by atoms with Gasteiger partial charge in [0.25, 0.3) is 4.96 Å². The van der Waals surface area contributed by atoms with Crippen molar-refractivity contribution in [3.63, 3.8) is 0 Å². The van der Waals surface area contributed by atoms with Gasteiger partial charge >= 0.3 is 5.82 Å². The van der Waals surface area contributed by atoms with Gasteiger partial charge in [-0.25, -0.2) is 0 Å². The molecule has 1 aliphatic carbocycles. The van der Waals surface area contributed by atoms with Crippen molar-refractivity contribution in [2.24, 2.45) is 0 Å². The Balaban J connectivity index is 1.41. The third-order valence-corrected chi connectivity index (χ3v) is 6.20. The van der Waals surface area contributed by atoms with E-state index < -0.39 is 0 Å². The summed E-state index contributed by atoms with van der Waals surface area (Å²) in [4.78, 5) is 18.4. The molecular weight excluding hydrogens is 342 g/mol. The Morgan fingerprint density at radius 2 is 2.04 bits per heavy atom. The number of imidazole rings is 1. The highest BCUT2D eigenvalue weighted by molar-refractivity contribution is 7.15. The van der Waals surface area contributed by atoms with Crippen molar-refractivity contribution in [3.8, 4) is 0 Å². The molecule has 2 aromatic rings. The molecule has 136 valence electrons. The molecule has 1 aliphatic heterocycles. The topological polar surface area (TPSA) is 95.9 Å². The molecule has 3 heterocycles. The highest BCUT2D eigenvalue weighted by atomic mass is 32.1. The number of nitrogens with one attached hydrogen (secondary N) is 1. The lowest BCUT2D eigenvalue weighted by Crippen LogP contribution is -2.50. The molecule has 0 aromatic carbocycles. The zero-order valence-corrected chi connectivity index (χ0v) is 14.8. The predicted octanol–water partition coefficient (Wildman–Crippen LogP) is 2.48. The normalized spacial score (nSPS) is 26.1. The first-order valence-electron chi connectivity index (χ1n) is 8.92. The number of aliphatic hydroxyl groups is 1.